The molecule has 0 N–H and O–H groups in total. The van der Waals surface area contributed by atoms with Crippen molar-refractivity contribution in [3.8, 4) is 22.6 Å². The van der Waals surface area contributed by atoms with Crippen molar-refractivity contribution in [1.82, 2.24) is 19.1 Å². The van der Waals surface area contributed by atoms with E-state index in [1.54, 1.807) is 17.7 Å². The van der Waals surface area contributed by atoms with E-state index in [1.165, 1.54) is 48.4 Å². The minimum atomic E-state index is 0.924. The number of hydrogen-bond acceptors (Lipinski definition) is 3. The summed E-state index contributed by atoms with van der Waals surface area (Å²) in [7, 11) is 0. The lowest BCUT2D eigenvalue weighted by Crippen LogP contribution is -1.98. The van der Waals surface area contributed by atoms with E-state index in [0.29, 0.717) is 0 Å². The molecular formula is C40H24N4S. The molecule has 210 valence electrons. The third kappa shape index (κ3) is 3.47. The van der Waals surface area contributed by atoms with Gasteiger partial charge in [0.25, 0.3) is 0 Å². The number of nitrogens with zero attached hydrogens (tertiary/aromatic N) is 4. The minimum Gasteiger partial charge on any atom is -0.309 e. The monoisotopic (exact) mass is 592 g/mol. The molecular weight excluding hydrogens is 569 g/mol. The molecule has 0 saturated heterocycles. The second kappa shape index (κ2) is 9.36. The Morgan fingerprint density at radius 2 is 1.13 bits per heavy atom. The molecule has 0 aliphatic heterocycles. The number of thiophene rings is 1. The van der Waals surface area contributed by atoms with Crippen LogP contribution in [0.2, 0.25) is 0 Å². The van der Waals surface area contributed by atoms with Gasteiger partial charge in [-0.25, -0.2) is 9.97 Å². The average molecular weight is 593 g/mol. The summed E-state index contributed by atoms with van der Waals surface area (Å²) in [4.78, 5) is 9.76. The summed E-state index contributed by atoms with van der Waals surface area (Å²) in [5, 5.41) is 6.12. The fraction of sp³-hybridized carbons (Fsp3) is 0. The van der Waals surface area contributed by atoms with E-state index in [4.69, 9.17) is 9.97 Å². The Kier molecular flexibility index (Phi) is 5.12. The van der Waals surface area contributed by atoms with Gasteiger partial charge in [-0.2, -0.15) is 0 Å². The van der Waals surface area contributed by atoms with Crippen LogP contribution in [0.3, 0.4) is 0 Å². The van der Waals surface area contributed by atoms with Crippen molar-refractivity contribution < 1.29 is 0 Å². The van der Waals surface area contributed by atoms with E-state index in [9.17, 15) is 0 Å². The molecule has 0 radical (unpaired) electrons. The quantitative estimate of drug-likeness (QED) is 0.205. The van der Waals surface area contributed by atoms with Crippen LogP contribution in [0.15, 0.2) is 146 Å². The minimum absolute atomic E-state index is 0.924. The zero-order chi connectivity index (χ0) is 29.5. The smallest absolute Gasteiger partial charge is 0.159 e. The summed E-state index contributed by atoms with van der Waals surface area (Å²) in [5.41, 5.74) is 9.26. The molecule has 10 rings (SSSR count). The molecule has 6 aromatic carbocycles. The van der Waals surface area contributed by atoms with Crippen molar-refractivity contribution in [3.63, 3.8) is 0 Å². The first kappa shape index (κ1) is 24.6. The maximum atomic E-state index is 4.89. The third-order valence-electron chi connectivity index (χ3n) is 9.05. The molecule has 0 atom stereocenters. The van der Waals surface area contributed by atoms with Crippen LogP contribution in [0.5, 0.6) is 0 Å². The van der Waals surface area contributed by atoms with Crippen LogP contribution in [0.4, 0.5) is 0 Å². The molecule has 0 spiro atoms. The van der Waals surface area contributed by atoms with Gasteiger partial charge in [0, 0.05) is 37.3 Å². The Hall–Kier alpha value is -5.78. The standard InChI is InChI=1S/C40H24N4S/c1-2-11-26(12-3-1)43-34-19-9-6-15-30(34)37-27(16-10-20-35(37)43)25-21-22-36-31(23-25)38-39(45-36)40(42-24-41-38)44-32-17-7-4-13-28(32)29-14-5-8-18-33(29)44/h1-24H. The van der Waals surface area contributed by atoms with Gasteiger partial charge in [-0.15, -0.1) is 11.3 Å². The van der Waals surface area contributed by atoms with Crippen molar-refractivity contribution in [1.29, 1.82) is 0 Å². The molecule has 0 aliphatic rings. The maximum Gasteiger partial charge on any atom is 0.159 e. The summed E-state index contributed by atoms with van der Waals surface area (Å²) in [6, 6.07) is 50.0. The van der Waals surface area contributed by atoms with E-state index in [1.807, 2.05) is 0 Å². The zero-order valence-electron chi connectivity index (χ0n) is 24.1. The molecule has 10 aromatic rings. The highest BCUT2D eigenvalue weighted by molar-refractivity contribution is 7.26. The van der Waals surface area contributed by atoms with Crippen LogP contribution < -0.4 is 0 Å². The van der Waals surface area contributed by atoms with E-state index in [0.717, 1.165) is 38.1 Å². The SMILES string of the molecule is c1ccc(-n2c3ccccc3c3c(-c4ccc5sc6c(-n7c8ccccc8c8ccccc87)ncnc6c5c4)cccc32)cc1. The van der Waals surface area contributed by atoms with Crippen LogP contribution in [-0.2, 0) is 0 Å². The molecule has 4 nitrogen and oxygen atoms in total. The van der Waals surface area contributed by atoms with E-state index in [-0.39, 0.29) is 0 Å². The third-order valence-corrected chi connectivity index (χ3v) is 10.2. The fourth-order valence-corrected chi connectivity index (χ4v) is 8.27. The zero-order valence-corrected chi connectivity index (χ0v) is 24.9. The van der Waals surface area contributed by atoms with Crippen molar-refractivity contribution in [2.45, 2.75) is 0 Å². The number of para-hydroxylation sites is 4. The van der Waals surface area contributed by atoms with Gasteiger partial charge < -0.3 is 4.57 Å². The van der Waals surface area contributed by atoms with Gasteiger partial charge >= 0.3 is 0 Å². The van der Waals surface area contributed by atoms with Crippen LogP contribution in [0, 0.1) is 0 Å². The Morgan fingerprint density at radius 1 is 0.489 bits per heavy atom. The molecule has 45 heavy (non-hydrogen) atoms. The Labute approximate surface area is 262 Å². The second-order valence-electron chi connectivity index (χ2n) is 11.4. The molecule has 4 heterocycles. The molecule has 0 amide bonds. The molecule has 0 saturated carbocycles. The summed E-state index contributed by atoms with van der Waals surface area (Å²) in [6.07, 6.45) is 1.72. The van der Waals surface area contributed by atoms with E-state index < -0.39 is 0 Å². The Balaban J connectivity index is 1.23. The van der Waals surface area contributed by atoms with Gasteiger partial charge in [-0.05, 0) is 59.7 Å². The first-order valence-corrected chi connectivity index (χ1v) is 15.9. The van der Waals surface area contributed by atoms with Crippen LogP contribution in [0.1, 0.15) is 0 Å². The Bertz CT molecular complexity index is 2710. The van der Waals surface area contributed by atoms with E-state index in [2.05, 4.69) is 149 Å². The normalized spacial score (nSPS) is 12.0. The van der Waals surface area contributed by atoms with Crippen molar-refractivity contribution in [3.05, 3.63) is 146 Å². The molecule has 0 bridgehead atoms. The topological polar surface area (TPSA) is 35.6 Å². The van der Waals surface area contributed by atoms with Crippen molar-refractivity contribution in [2.24, 2.45) is 0 Å². The first-order valence-electron chi connectivity index (χ1n) is 15.1. The molecule has 5 heteroatoms. The maximum absolute atomic E-state index is 4.89. The lowest BCUT2D eigenvalue weighted by atomic mass is 9.98. The molecule has 0 fully saturated rings. The number of rotatable bonds is 3. The van der Waals surface area contributed by atoms with Gasteiger partial charge in [0.15, 0.2) is 5.82 Å². The second-order valence-corrected chi connectivity index (χ2v) is 12.5. The predicted molar refractivity (Wildman–Crippen MR) is 189 cm³/mol. The number of benzene rings is 6. The highest BCUT2D eigenvalue weighted by atomic mass is 32.1. The first-order chi connectivity index (χ1) is 22.3. The van der Waals surface area contributed by atoms with Crippen LogP contribution in [-0.4, -0.2) is 19.1 Å². The number of fused-ring (bicyclic) bond motifs is 9. The largest absolute Gasteiger partial charge is 0.309 e. The fourth-order valence-electron chi connectivity index (χ4n) is 7.16. The lowest BCUT2D eigenvalue weighted by Gasteiger charge is -2.09. The summed E-state index contributed by atoms with van der Waals surface area (Å²) >= 11 is 1.77. The number of hydrogen-bond donors (Lipinski definition) is 0. The van der Waals surface area contributed by atoms with Gasteiger partial charge in [0.1, 0.15) is 6.33 Å². The average Bonchev–Trinajstić information content (AvgIpc) is 3.76. The highest BCUT2D eigenvalue weighted by Gasteiger charge is 2.20. The van der Waals surface area contributed by atoms with Gasteiger partial charge in [-0.1, -0.05) is 91.0 Å². The van der Waals surface area contributed by atoms with Crippen LogP contribution in [0.25, 0.3) is 86.5 Å². The van der Waals surface area contributed by atoms with Gasteiger partial charge in [0.2, 0.25) is 0 Å². The number of aromatic nitrogens is 4. The molecule has 0 unspecified atom stereocenters. The predicted octanol–water partition coefficient (Wildman–Crippen LogP) is 10.7. The van der Waals surface area contributed by atoms with E-state index >= 15 is 0 Å². The van der Waals surface area contributed by atoms with Gasteiger partial charge in [0.05, 0.1) is 32.3 Å². The summed E-state index contributed by atoms with van der Waals surface area (Å²) in [5.74, 6) is 0.924. The summed E-state index contributed by atoms with van der Waals surface area (Å²) in [6.45, 7) is 0. The van der Waals surface area contributed by atoms with Gasteiger partial charge in [-0.3, -0.25) is 4.57 Å². The van der Waals surface area contributed by atoms with Crippen molar-refractivity contribution in [2.75, 3.05) is 0 Å². The highest BCUT2D eigenvalue weighted by Crippen LogP contribution is 2.43. The van der Waals surface area contributed by atoms with Crippen molar-refractivity contribution >= 4 is 75.3 Å². The van der Waals surface area contributed by atoms with Crippen LogP contribution >= 0.6 is 11.3 Å². The lowest BCUT2D eigenvalue weighted by molar-refractivity contribution is 1.08. The molecule has 4 aromatic heterocycles. The molecule has 0 aliphatic carbocycles. The Morgan fingerprint density at radius 3 is 1.89 bits per heavy atom. The summed E-state index contributed by atoms with van der Waals surface area (Å²) < 4.78 is 6.97.